The molecule has 0 bridgehead atoms. The lowest BCUT2D eigenvalue weighted by Gasteiger charge is -2.36. The fourth-order valence-electron chi connectivity index (χ4n) is 4.68. The van der Waals surface area contributed by atoms with Crippen LogP contribution in [0.2, 0.25) is 0 Å². The number of rotatable bonds is 9. The summed E-state index contributed by atoms with van der Waals surface area (Å²) in [6.07, 6.45) is 5.63. The molecule has 1 fully saturated rings. The summed E-state index contributed by atoms with van der Waals surface area (Å²) in [4.78, 5) is 9.73. The monoisotopic (exact) mass is 468 g/mol. The van der Waals surface area contributed by atoms with Gasteiger partial charge in [0.15, 0.2) is 0 Å². The Morgan fingerprint density at radius 2 is 1.47 bits per heavy atom. The summed E-state index contributed by atoms with van der Waals surface area (Å²) in [6, 6.07) is 6.22. The molecule has 2 heterocycles. The summed E-state index contributed by atoms with van der Waals surface area (Å²) in [5.74, 6) is 0. The highest BCUT2D eigenvalue weighted by molar-refractivity contribution is 5.03. The summed E-state index contributed by atoms with van der Waals surface area (Å²) in [7, 11) is 0. The average molecular weight is 469 g/mol. The zero-order valence-corrected chi connectivity index (χ0v) is 21.8. The molecule has 186 valence electrons. The van der Waals surface area contributed by atoms with Gasteiger partial charge in [-0.15, -0.1) is 0 Å². The molecular weight excluding hydrogens is 420 g/mol. The first-order valence-electron chi connectivity index (χ1n) is 12.8. The second-order valence-electron chi connectivity index (χ2n) is 9.01. The molecule has 7 heteroatoms. The molecule has 0 amide bonds. The molecule has 0 saturated carbocycles. The third-order valence-electron chi connectivity index (χ3n) is 7.10. The summed E-state index contributed by atoms with van der Waals surface area (Å²) in [5, 5.41) is 7.37. The highest BCUT2D eigenvalue weighted by Crippen LogP contribution is 2.08. The van der Waals surface area contributed by atoms with Crippen molar-refractivity contribution in [3.8, 4) is 0 Å². The van der Waals surface area contributed by atoms with Crippen LogP contribution in [0.5, 0.6) is 0 Å². The normalized spacial score (nSPS) is 18.6. The zero-order valence-electron chi connectivity index (χ0n) is 21.0. The van der Waals surface area contributed by atoms with E-state index in [0.717, 1.165) is 45.8 Å². The predicted octanol–water partition coefficient (Wildman–Crippen LogP) is -0.571. The van der Waals surface area contributed by atoms with Crippen LogP contribution in [0, 0.1) is 0 Å². The fraction of sp³-hybridized carbons (Fsp3) is 0.800. The molecule has 1 aliphatic heterocycles. The number of pyridine rings is 1. The molecule has 1 aromatic rings. The first kappa shape index (κ1) is 29.3. The Balaban J connectivity index is 0.00000512. The fourth-order valence-corrected chi connectivity index (χ4v) is 4.68. The van der Waals surface area contributed by atoms with Crippen molar-refractivity contribution < 1.29 is 16.9 Å². The molecule has 32 heavy (non-hydrogen) atoms. The highest BCUT2D eigenvalue weighted by Gasteiger charge is 2.20. The number of nitrogens with one attached hydrogen (secondary N) is 2. The van der Waals surface area contributed by atoms with Crippen molar-refractivity contribution in [3.05, 3.63) is 30.1 Å². The van der Waals surface area contributed by atoms with E-state index in [1.54, 1.807) is 0 Å². The Morgan fingerprint density at radius 1 is 0.844 bits per heavy atom. The molecule has 0 atom stereocenters. The number of hydrogen-bond donors (Lipinski definition) is 2. The van der Waals surface area contributed by atoms with E-state index in [0.29, 0.717) is 0 Å². The Kier molecular flexibility index (Phi) is 16.2. The van der Waals surface area contributed by atoms with E-state index < -0.39 is 0 Å². The summed E-state index contributed by atoms with van der Waals surface area (Å²) >= 11 is 0. The van der Waals surface area contributed by atoms with Crippen molar-refractivity contribution in [1.29, 1.82) is 0 Å². The molecule has 0 spiro atoms. The zero-order chi connectivity index (χ0) is 22.2. The van der Waals surface area contributed by atoms with Gasteiger partial charge in [0.25, 0.3) is 0 Å². The average Bonchev–Trinajstić information content (AvgIpc) is 2.81. The van der Waals surface area contributed by atoms with Gasteiger partial charge >= 0.3 is 0 Å². The van der Waals surface area contributed by atoms with Gasteiger partial charge in [-0.25, -0.2) is 0 Å². The van der Waals surface area contributed by atoms with Gasteiger partial charge in [0.05, 0.1) is 31.9 Å². The summed E-state index contributed by atoms with van der Waals surface area (Å²) in [6.45, 7) is 23.3. The smallest absolute Gasteiger partial charge is 0.0798 e. The van der Waals surface area contributed by atoms with Crippen molar-refractivity contribution >= 4 is 0 Å². The van der Waals surface area contributed by atoms with Crippen molar-refractivity contribution in [1.82, 2.24) is 25.4 Å². The number of nitrogens with zero attached hydrogens (tertiary/aromatic N) is 4. The van der Waals surface area contributed by atoms with E-state index in [9.17, 15) is 0 Å². The van der Waals surface area contributed by atoms with Gasteiger partial charge in [-0.2, -0.15) is 0 Å². The van der Waals surface area contributed by atoms with Crippen molar-refractivity contribution in [2.24, 2.45) is 0 Å². The van der Waals surface area contributed by atoms with E-state index >= 15 is 0 Å². The van der Waals surface area contributed by atoms with Crippen LogP contribution in [0.3, 0.4) is 0 Å². The number of hydrogen-bond acceptors (Lipinski definition) is 5. The van der Waals surface area contributed by atoms with Gasteiger partial charge < -0.3 is 32.4 Å². The molecule has 0 radical (unpaired) electrons. The minimum absolute atomic E-state index is 0. The SMILES string of the molecule is CC[N+](CC)(CC)CCCN1CCCNCCN(Cc2ccccn2)CCCNCC1.[Cl-]. The lowest BCUT2D eigenvalue weighted by atomic mass is 10.2. The van der Waals surface area contributed by atoms with Crippen LogP contribution in [0.25, 0.3) is 0 Å². The molecule has 1 aromatic heterocycles. The molecule has 1 aliphatic rings. The Bertz CT molecular complexity index is 530. The van der Waals surface area contributed by atoms with E-state index in [-0.39, 0.29) is 12.4 Å². The maximum Gasteiger partial charge on any atom is 0.0798 e. The van der Waals surface area contributed by atoms with E-state index in [2.05, 4.69) is 58.3 Å². The van der Waals surface area contributed by atoms with Gasteiger partial charge in [-0.3, -0.25) is 9.88 Å². The Morgan fingerprint density at radius 3 is 2.06 bits per heavy atom. The molecule has 1 saturated heterocycles. The molecule has 0 aliphatic carbocycles. The summed E-state index contributed by atoms with van der Waals surface area (Å²) < 4.78 is 1.27. The van der Waals surface area contributed by atoms with Crippen LogP contribution in [0.1, 0.15) is 45.7 Å². The third kappa shape index (κ3) is 11.4. The van der Waals surface area contributed by atoms with Gasteiger partial charge in [0.1, 0.15) is 0 Å². The van der Waals surface area contributed by atoms with Gasteiger partial charge in [0, 0.05) is 51.9 Å². The van der Waals surface area contributed by atoms with E-state index in [1.165, 1.54) is 75.3 Å². The van der Waals surface area contributed by atoms with Crippen LogP contribution in [0.4, 0.5) is 0 Å². The van der Waals surface area contributed by atoms with Gasteiger partial charge in [-0.05, 0) is 71.9 Å². The molecule has 0 aromatic carbocycles. The predicted molar refractivity (Wildman–Crippen MR) is 132 cm³/mol. The van der Waals surface area contributed by atoms with E-state index in [4.69, 9.17) is 0 Å². The molecule has 2 rings (SSSR count). The topological polar surface area (TPSA) is 43.4 Å². The molecule has 2 N–H and O–H groups in total. The van der Waals surface area contributed by atoms with Crippen molar-refractivity contribution in [2.45, 2.75) is 46.6 Å². The Labute approximate surface area is 204 Å². The van der Waals surface area contributed by atoms with Crippen LogP contribution >= 0.6 is 0 Å². The maximum absolute atomic E-state index is 4.51. The second-order valence-corrected chi connectivity index (χ2v) is 9.01. The molecular formula is C25H49ClN6. The van der Waals surface area contributed by atoms with E-state index in [1.807, 2.05) is 12.3 Å². The maximum atomic E-state index is 4.51. The third-order valence-corrected chi connectivity index (χ3v) is 7.10. The highest BCUT2D eigenvalue weighted by atomic mass is 35.5. The number of aromatic nitrogens is 1. The minimum Gasteiger partial charge on any atom is -1.00 e. The van der Waals surface area contributed by atoms with Gasteiger partial charge in [-0.1, -0.05) is 6.07 Å². The molecule has 0 unspecified atom stereocenters. The van der Waals surface area contributed by atoms with Crippen LogP contribution in [-0.2, 0) is 6.54 Å². The van der Waals surface area contributed by atoms with Gasteiger partial charge in [0.2, 0.25) is 0 Å². The van der Waals surface area contributed by atoms with Crippen molar-refractivity contribution in [3.63, 3.8) is 0 Å². The van der Waals surface area contributed by atoms with Crippen LogP contribution in [0.15, 0.2) is 24.4 Å². The first-order valence-corrected chi connectivity index (χ1v) is 12.8. The lowest BCUT2D eigenvalue weighted by molar-refractivity contribution is -0.923. The van der Waals surface area contributed by atoms with Crippen molar-refractivity contribution in [2.75, 3.05) is 85.1 Å². The Hall–Kier alpha value is -0.760. The van der Waals surface area contributed by atoms with Crippen LogP contribution in [-0.4, -0.2) is 104 Å². The van der Waals surface area contributed by atoms with Crippen LogP contribution < -0.4 is 23.0 Å². The number of quaternary nitrogens is 1. The quantitative estimate of drug-likeness (QED) is 0.475. The molecule has 6 nitrogen and oxygen atoms in total. The minimum atomic E-state index is 0. The number of halogens is 1. The second kappa shape index (κ2) is 17.7. The summed E-state index contributed by atoms with van der Waals surface area (Å²) in [5.41, 5.74) is 1.17. The largest absolute Gasteiger partial charge is 1.00 e. The lowest BCUT2D eigenvalue weighted by Crippen LogP contribution is -3.00. The first-order chi connectivity index (χ1) is 15.2. The standard InChI is InChI=1S/C25H49N6.ClH/c1-4-31(5-2,6-3)23-11-20-29-18-9-13-27-17-22-30(19-10-14-26-16-21-29)24-25-12-7-8-15-28-25;/h7-8,12,15,26-27H,4-6,9-11,13-14,16-24H2,1-3H3;1H/q+1;/p-1.